The zero-order chi connectivity index (χ0) is 29.7. The Morgan fingerprint density at radius 1 is 1.02 bits per heavy atom. The quantitative estimate of drug-likeness (QED) is 0.0488. The van der Waals surface area contributed by atoms with Crippen LogP contribution in [0.2, 0.25) is 0 Å². The van der Waals surface area contributed by atoms with E-state index in [1.807, 2.05) is 30.5 Å². The van der Waals surface area contributed by atoms with Crippen molar-refractivity contribution < 1.29 is 24.3 Å². The second-order valence-electron chi connectivity index (χ2n) is 9.10. The molecule has 0 bridgehead atoms. The van der Waals surface area contributed by atoms with E-state index in [0.717, 1.165) is 16.5 Å². The molecule has 2 rings (SSSR count). The van der Waals surface area contributed by atoms with E-state index < -0.39 is 47.9 Å². The van der Waals surface area contributed by atoms with E-state index >= 15 is 0 Å². The molecule has 0 spiro atoms. The Morgan fingerprint density at radius 3 is 2.27 bits per heavy atom. The van der Waals surface area contributed by atoms with Gasteiger partial charge in [0.15, 0.2) is 5.96 Å². The SMILES string of the molecule is CSCCC(NC(=O)C(N)CS)C(=O)NC(CCCN=C(N)N)C(=O)NC(Cc1c[nH]c2ccccc12)C(=O)O. The van der Waals surface area contributed by atoms with Gasteiger partial charge in [0.25, 0.3) is 0 Å². The number of carbonyl (C=O) groups excluding carboxylic acids is 3. The average molecular weight is 595 g/mol. The summed E-state index contributed by atoms with van der Waals surface area (Å²) in [7, 11) is 0. The lowest BCUT2D eigenvalue weighted by Crippen LogP contribution is -2.57. The number of benzene rings is 1. The third-order valence-electron chi connectivity index (χ3n) is 6.07. The molecule has 13 nitrogen and oxygen atoms in total. The summed E-state index contributed by atoms with van der Waals surface area (Å²) >= 11 is 5.51. The van der Waals surface area contributed by atoms with Gasteiger partial charge < -0.3 is 43.2 Å². The van der Waals surface area contributed by atoms with Crippen molar-refractivity contribution in [3.8, 4) is 0 Å². The molecule has 1 aromatic heterocycles. The molecular formula is C25H38N8O5S2. The van der Waals surface area contributed by atoms with Crippen LogP contribution in [0.15, 0.2) is 35.5 Å². The normalized spacial score (nSPS) is 14.0. The summed E-state index contributed by atoms with van der Waals surface area (Å²) in [6, 6.07) is 3.18. The number of thiol groups is 1. The molecule has 0 aliphatic carbocycles. The highest BCUT2D eigenvalue weighted by molar-refractivity contribution is 7.98. The highest BCUT2D eigenvalue weighted by atomic mass is 32.2. The minimum atomic E-state index is -1.26. The van der Waals surface area contributed by atoms with Crippen molar-refractivity contribution in [3.63, 3.8) is 0 Å². The van der Waals surface area contributed by atoms with Gasteiger partial charge in [0.05, 0.1) is 6.04 Å². The summed E-state index contributed by atoms with van der Waals surface area (Å²) in [4.78, 5) is 58.0. The van der Waals surface area contributed by atoms with E-state index in [1.165, 1.54) is 11.8 Å². The second kappa shape index (κ2) is 16.6. The number of nitrogens with zero attached hydrogens (tertiary/aromatic N) is 1. The number of aromatic amines is 1. The lowest BCUT2D eigenvalue weighted by Gasteiger charge is -2.25. The van der Waals surface area contributed by atoms with Crippen molar-refractivity contribution in [2.24, 2.45) is 22.2 Å². The number of hydrogen-bond acceptors (Lipinski definition) is 8. The van der Waals surface area contributed by atoms with Gasteiger partial charge in [-0.25, -0.2) is 4.79 Å². The molecule has 0 saturated carbocycles. The summed E-state index contributed by atoms with van der Waals surface area (Å²) < 4.78 is 0. The summed E-state index contributed by atoms with van der Waals surface area (Å²) in [5.41, 5.74) is 18.1. The molecule has 0 saturated heterocycles. The molecule has 11 N–H and O–H groups in total. The Bertz CT molecular complexity index is 1190. The summed E-state index contributed by atoms with van der Waals surface area (Å²) in [6.07, 6.45) is 4.31. The molecule has 0 fully saturated rings. The molecule has 0 aliphatic rings. The number of carboxylic acid groups (broad SMARTS) is 1. The standard InChI is InChI=1S/C25H38N8O5S2/c1-40-10-8-19(31-21(34)16(26)13-39)23(36)32-18(7-4-9-29-25(27)28)22(35)33-20(24(37)38)11-14-12-30-17-6-3-2-5-15(14)17/h2-3,5-6,12,16,18-20,30,39H,4,7-11,13,26H2,1H3,(H,31,34)(H,32,36)(H,33,35)(H,37,38)(H4,27,28,29). The maximum absolute atomic E-state index is 13.3. The number of H-pyrrole nitrogens is 1. The van der Waals surface area contributed by atoms with E-state index in [1.54, 1.807) is 6.20 Å². The zero-order valence-electron chi connectivity index (χ0n) is 22.3. The van der Waals surface area contributed by atoms with Gasteiger partial charge in [-0.3, -0.25) is 19.4 Å². The van der Waals surface area contributed by atoms with Gasteiger partial charge in [0, 0.05) is 35.8 Å². The number of guanidine groups is 1. The first kappa shape index (κ1) is 32.8. The Balaban J connectivity index is 2.21. The number of nitrogens with two attached hydrogens (primary N) is 3. The van der Waals surface area contributed by atoms with Gasteiger partial charge in [0.1, 0.15) is 18.1 Å². The number of carbonyl (C=O) groups is 4. The van der Waals surface area contributed by atoms with Crippen molar-refractivity contribution in [2.45, 2.75) is 49.9 Å². The Hall–Kier alpha value is -3.43. The first-order chi connectivity index (χ1) is 19.1. The number of aliphatic imine (C=N–C) groups is 1. The fourth-order valence-corrected chi connectivity index (χ4v) is 4.54. The number of rotatable bonds is 17. The molecular weight excluding hydrogens is 556 g/mol. The molecule has 220 valence electrons. The smallest absolute Gasteiger partial charge is 0.326 e. The number of aromatic nitrogens is 1. The van der Waals surface area contributed by atoms with Gasteiger partial charge in [-0.1, -0.05) is 18.2 Å². The van der Waals surface area contributed by atoms with Gasteiger partial charge in [-0.05, 0) is 42.9 Å². The van der Waals surface area contributed by atoms with Gasteiger partial charge in [-0.15, -0.1) is 0 Å². The number of aliphatic carboxylic acids is 1. The number of hydrogen-bond donors (Lipinski definition) is 9. The van der Waals surface area contributed by atoms with Crippen LogP contribution in [0.3, 0.4) is 0 Å². The first-order valence-electron chi connectivity index (χ1n) is 12.7. The second-order valence-corrected chi connectivity index (χ2v) is 10.5. The zero-order valence-corrected chi connectivity index (χ0v) is 24.0. The molecule has 0 aliphatic heterocycles. The van der Waals surface area contributed by atoms with Crippen LogP contribution in [0.5, 0.6) is 0 Å². The van der Waals surface area contributed by atoms with Gasteiger partial charge in [-0.2, -0.15) is 24.4 Å². The van der Waals surface area contributed by atoms with Crippen molar-refractivity contribution in [1.82, 2.24) is 20.9 Å². The van der Waals surface area contributed by atoms with E-state index in [2.05, 4.69) is 38.6 Å². The van der Waals surface area contributed by atoms with E-state index in [9.17, 15) is 24.3 Å². The Morgan fingerprint density at radius 2 is 1.65 bits per heavy atom. The highest BCUT2D eigenvalue weighted by Crippen LogP contribution is 2.19. The third kappa shape index (κ3) is 10.3. The van der Waals surface area contributed by atoms with Crippen LogP contribution in [0.4, 0.5) is 0 Å². The van der Waals surface area contributed by atoms with Crippen molar-refractivity contribution in [1.29, 1.82) is 0 Å². The molecule has 15 heteroatoms. The Labute approximate surface area is 242 Å². The predicted molar refractivity (Wildman–Crippen MR) is 160 cm³/mol. The predicted octanol–water partition coefficient (Wildman–Crippen LogP) is -0.687. The first-order valence-corrected chi connectivity index (χ1v) is 14.7. The van der Waals surface area contributed by atoms with E-state index in [4.69, 9.17) is 17.2 Å². The minimum absolute atomic E-state index is 0.0216. The van der Waals surface area contributed by atoms with Crippen LogP contribution in [0.1, 0.15) is 24.8 Å². The molecule has 1 aromatic carbocycles. The van der Waals surface area contributed by atoms with Gasteiger partial charge in [0.2, 0.25) is 17.7 Å². The molecule has 3 amide bonds. The maximum Gasteiger partial charge on any atom is 0.326 e. The van der Waals surface area contributed by atoms with E-state index in [0.29, 0.717) is 18.6 Å². The van der Waals surface area contributed by atoms with Gasteiger partial charge >= 0.3 is 5.97 Å². The summed E-state index contributed by atoms with van der Waals surface area (Å²) in [6.45, 7) is 0.198. The van der Waals surface area contributed by atoms with Crippen molar-refractivity contribution in [2.75, 3.05) is 24.3 Å². The largest absolute Gasteiger partial charge is 0.480 e. The lowest BCUT2D eigenvalue weighted by molar-refractivity contribution is -0.142. The molecule has 4 unspecified atom stereocenters. The topological polar surface area (TPSA) is 231 Å². The number of carboxylic acids is 1. The van der Waals surface area contributed by atoms with E-state index in [-0.39, 0.29) is 31.1 Å². The summed E-state index contributed by atoms with van der Waals surface area (Å²) in [5.74, 6) is -2.53. The van der Waals surface area contributed by atoms with Crippen LogP contribution in [0.25, 0.3) is 10.9 Å². The number of para-hydroxylation sites is 1. The van der Waals surface area contributed by atoms with Crippen molar-refractivity contribution >= 4 is 64.9 Å². The van der Waals surface area contributed by atoms with Crippen LogP contribution in [-0.2, 0) is 25.6 Å². The number of fused-ring (bicyclic) bond motifs is 1. The number of amides is 3. The van der Waals surface area contributed by atoms with Crippen LogP contribution in [0, 0.1) is 0 Å². The lowest BCUT2D eigenvalue weighted by atomic mass is 10.0. The number of thioether (sulfide) groups is 1. The summed E-state index contributed by atoms with van der Waals surface area (Å²) in [5, 5.41) is 18.5. The van der Waals surface area contributed by atoms with Crippen molar-refractivity contribution in [3.05, 3.63) is 36.0 Å². The Kier molecular flexibility index (Phi) is 13.6. The number of nitrogens with one attached hydrogen (secondary N) is 4. The molecule has 2 aromatic rings. The average Bonchev–Trinajstić information content (AvgIpc) is 3.33. The fourth-order valence-electron chi connectivity index (χ4n) is 3.90. The minimum Gasteiger partial charge on any atom is -0.480 e. The third-order valence-corrected chi connectivity index (χ3v) is 7.11. The molecule has 40 heavy (non-hydrogen) atoms. The van der Waals surface area contributed by atoms with Crippen LogP contribution < -0.4 is 33.2 Å². The highest BCUT2D eigenvalue weighted by Gasteiger charge is 2.30. The van der Waals surface area contributed by atoms with Crippen LogP contribution >= 0.6 is 24.4 Å². The fraction of sp³-hybridized carbons (Fsp3) is 0.480. The molecule has 4 atom stereocenters. The molecule has 1 heterocycles. The molecule has 0 radical (unpaired) electrons. The van der Waals surface area contributed by atoms with Crippen LogP contribution in [-0.4, -0.2) is 88.2 Å². The maximum atomic E-state index is 13.3. The monoisotopic (exact) mass is 594 g/mol.